The van der Waals surface area contributed by atoms with Crippen LogP contribution in [0.15, 0.2) is 18.2 Å². The van der Waals surface area contributed by atoms with E-state index in [1.54, 1.807) is 6.07 Å². The molecule has 0 aromatic heterocycles. The molecule has 0 aliphatic carbocycles. The van der Waals surface area contributed by atoms with Crippen molar-refractivity contribution in [2.75, 3.05) is 33.3 Å². The predicted molar refractivity (Wildman–Crippen MR) is 94.9 cm³/mol. The van der Waals surface area contributed by atoms with Crippen molar-refractivity contribution >= 4 is 5.97 Å². The molecule has 2 N–H and O–H groups in total. The van der Waals surface area contributed by atoms with E-state index in [2.05, 4.69) is 4.90 Å². The van der Waals surface area contributed by atoms with E-state index in [1.807, 2.05) is 31.0 Å². The second-order valence-electron chi connectivity index (χ2n) is 7.48. The molecule has 2 saturated heterocycles. The maximum atomic E-state index is 11.4. The maximum absolute atomic E-state index is 11.4. The summed E-state index contributed by atoms with van der Waals surface area (Å²) in [5.41, 5.74) is 1.28. The number of phenols is 1. The second-order valence-corrected chi connectivity index (χ2v) is 7.48. The van der Waals surface area contributed by atoms with Crippen molar-refractivity contribution in [2.24, 2.45) is 5.41 Å². The summed E-state index contributed by atoms with van der Waals surface area (Å²) in [4.78, 5) is 15.8. The van der Waals surface area contributed by atoms with Gasteiger partial charge >= 0.3 is 5.97 Å². The number of carboxylic acid groups (broad SMARTS) is 1. The number of hydrogen-bond acceptors (Lipinski definition) is 5. The zero-order valence-electron chi connectivity index (χ0n) is 15.1. The first kappa shape index (κ1) is 18.0. The summed E-state index contributed by atoms with van der Waals surface area (Å²) in [6.07, 6.45) is 2.84. The van der Waals surface area contributed by atoms with E-state index < -0.39 is 5.97 Å². The maximum Gasteiger partial charge on any atom is 0.320 e. The number of likely N-dealkylation sites (N-methyl/N-ethyl adjacent to an activating group) is 1. The van der Waals surface area contributed by atoms with Gasteiger partial charge in [0.05, 0.1) is 6.61 Å². The summed E-state index contributed by atoms with van der Waals surface area (Å²) >= 11 is 0. The Hall–Kier alpha value is -1.79. The standard InChI is InChI=1S/C19H28N2O4/c1-3-25-17-10-14(4-5-16(17)22)12-21-8-6-19(7-9-21)11-15(18(23)24)20(2)13-19/h4-5,10,15,22H,3,6-9,11-13H2,1-2H3,(H,23,24). The Morgan fingerprint density at radius 3 is 2.68 bits per heavy atom. The van der Waals surface area contributed by atoms with Crippen LogP contribution in [-0.2, 0) is 11.3 Å². The quantitative estimate of drug-likeness (QED) is 0.850. The monoisotopic (exact) mass is 348 g/mol. The van der Waals surface area contributed by atoms with Crippen LogP contribution in [0, 0.1) is 5.41 Å². The molecule has 0 amide bonds. The summed E-state index contributed by atoms with van der Waals surface area (Å²) in [7, 11) is 1.92. The number of likely N-dealkylation sites (tertiary alicyclic amines) is 2. The minimum atomic E-state index is -0.700. The molecule has 1 unspecified atom stereocenters. The van der Waals surface area contributed by atoms with Crippen molar-refractivity contribution in [3.8, 4) is 11.5 Å². The van der Waals surface area contributed by atoms with Gasteiger partial charge in [-0.2, -0.15) is 0 Å². The van der Waals surface area contributed by atoms with Crippen LogP contribution < -0.4 is 4.74 Å². The Kier molecular flexibility index (Phi) is 5.20. The Morgan fingerprint density at radius 1 is 1.36 bits per heavy atom. The molecule has 1 aromatic carbocycles. The lowest BCUT2D eigenvalue weighted by Crippen LogP contribution is -2.40. The summed E-state index contributed by atoms with van der Waals surface area (Å²) in [6, 6.07) is 5.20. The fraction of sp³-hybridized carbons (Fsp3) is 0.632. The van der Waals surface area contributed by atoms with Crippen molar-refractivity contribution < 1.29 is 19.7 Å². The molecule has 2 heterocycles. The molecule has 0 saturated carbocycles. The van der Waals surface area contributed by atoms with Gasteiger partial charge in [-0.1, -0.05) is 6.07 Å². The van der Waals surface area contributed by atoms with Gasteiger partial charge in [0.2, 0.25) is 0 Å². The summed E-state index contributed by atoms with van der Waals surface area (Å²) in [6.45, 7) is 6.09. The van der Waals surface area contributed by atoms with E-state index in [4.69, 9.17) is 4.74 Å². The van der Waals surface area contributed by atoms with Crippen LogP contribution in [0.25, 0.3) is 0 Å². The zero-order chi connectivity index (χ0) is 18.0. The molecule has 0 radical (unpaired) electrons. The first-order valence-electron chi connectivity index (χ1n) is 9.02. The van der Waals surface area contributed by atoms with Gasteiger partial charge < -0.3 is 14.9 Å². The van der Waals surface area contributed by atoms with Crippen LogP contribution in [0.1, 0.15) is 31.7 Å². The van der Waals surface area contributed by atoms with E-state index in [1.165, 1.54) is 0 Å². The minimum absolute atomic E-state index is 0.153. The van der Waals surface area contributed by atoms with Gasteiger partial charge in [0.1, 0.15) is 6.04 Å². The van der Waals surface area contributed by atoms with Crippen LogP contribution >= 0.6 is 0 Å². The van der Waals surface area contributed by atoms with Gasteiger partial charge in [0, 0.05) is 13.1 Å². The summed E-state index contributed by atoms with van der Waals surface area (Å²) in [5.74, 6) is 0.0152. The minimum Gasteiger partial charge on any atom is -0.504 e. The lowest BCUT2D eigenvalue weighted by molar-refractivity contribution is -0.141. The Bertz CT molecular complexity index is 626. The molecular weight excluding hydrogens is 320 g/mol. The molecule has 1 atom stereocenters. The van der Waals surface area contributed by atoms with Gasteiger partial charge in [-0.25, -0.2) is 0 Å². The van der Waals surface area contributed by atoms with Gasteiger partial charge in [-0.05, 0) is 69.4 Å². The van der Waals surface area contributed by atoms with E-state index >= 15 is 0 Å². The average Bonchev–Trinajstić information content (AvgIpc) is 2.90. The number of aliphatic carboxylic acids is 1. The van der Waals surface area contributed by atoms with Gasteiger partial charge in [-0.3, -0.25) is 14.6 Å². The average molecular weight is 348 g/mol. The largest absolute Gasteiger partial charge is 0.504 e. The lowest BCUT2D eigenvalue weighted by Gasteiger charge is -2.39. The van der Waals surface area contributed by atoms with Crippen LogP contribution in [0.2, 0.25) is 0 Å². The van der Waals surface area contributed by atoms with E-state index in [-0.39, 0.29) is 17.2 Å². The van der Waals surface area contributed by atoms with Gasteiger partial charge in [0.25, 0.3) is 0 Å². The number of phenolic OH excluding ortho intramolecular Hbond substituents is 1. The lowest BCUT2D eigenvalue weighted by atomic mass is 9.76. The van der Waals surface area contributed by atoms with Crippen LogP contribution in [-0.4, -0.2) is 65.3 Å². The Balaban J connectivity index is 1.58. The predicted octanol–water partition coefficient (Wildman–Crippen LogP) is 2.16. The third-order valence-corrected chi connectivity index (χ3v) is 5.68. The number of carboxylic acids is 1. The normalized spacial score (nSPS) is 23.8. The third kappa shape index (κ3) is 3.90. The molecule has 0 bridgehead atoms. The number of benzene rings is 1. The molecule has 6 heteroatoms. The number of piperidine rings is 1. The van der Waals surface area contributed by atoms with E-state index in [0.717, 1.165) is 51.0 Å². The SMILES string of the molecule is CCOc1cc(CN2CCC3(CC2)CC(C(=O)O)N(C)C3)ccc1O. The highest BCUT2D eigenvalue weighted by Gasteiger charge is 2.46. The molecular formula is C19H28N2O4. The van der Waals surface area contributed by atoms with E-state index in [9.17, 15) is 15.0 Å². The zero-order valence-corrected chi connectivity index (χ0v) is 15.1. The molecule has 2 aliphatic rings. The highest BCUT2D eigenvalue weighted by molar-refractivity contribution is 5.74. The Morgan fingerprint density at radius 2 is 2.08 bits per heavy atom. The van der Waals surface area contributed by atoms with Gasteiger partial charge in [0.15, 0.2) is 11.5 Å². The van der Waals surface area contributed by atoms with Crippen LogP contribution in [0.5, 0.6) is 11.5 Å². The Labute approximate surface area is 149 Å². The molecule has 138 valence electrons. The summed E-state index contributed by atoms with van der Waals surface area (Å²) < 4.78 is 5.46. The molecule has 6 nitrogen and oxygen atoms in total. The fourth-order valence-corrected chi connectivity index (χ4v) is 4.28. The first-order chi connectivity index (χ1) is 11.9. The van der Waals surface area contributed by atoms with Crippen LogP contribution in [0.3, 0.4) is 0 Å². The van der Waals surface area contributed by atoms with Crippen molar-refractivity contribution in [2.45, 2.75) is 38.8 Å². The third-order valence-electron chi connectivity index (χ3n) is 5.68. The summed E-state index contributed by atoms with van der Waals surface area (Å²) in [5, 5.41) is 19.2. The number of nitrogens with zero attached hydrogens (tertiary/aromatic N) is 2. The highest BCUT2D eigenvalue weighted by atomic mass is 16.5. The number of carbonyl (C=O) groups is 1. The molecule has 2 fully saturated rings. The molecule has 2 aliphatic heterocycles. The topological polar surface area (TPSA) is 73.2 Å². The smallest absolute Gasteiger partial charge is 0.320 e. The van der Waals surface area contributed by atoms with Crippen molar-refractivity contribution in [3.63, 3.8) is 0 Å². The molecule has 3 rings (SSSR count). The number of ether oxygens (including phenoxy) is 1. The van der Waals surface area contributed by atoms with Gasteiger partial charge in [-0.15, -0.1) is 0 Å². The highest BCUT2D eigenvalue weighted by Crippen LogP contribution is 2.43. The second kappa shape index (κ2) is 7.22. The van der Waals surface area contributed by atoms with Crippen molar-refractivity contribution in [3.05, 3.63) is 23.8 Å². The number of rotatable bonds is 5. The molecule has 1 spiro atoms. The van der Waals surface area contributed by atoms with Crippen LogP contribution in [0.4, 0.5) is 0 Å². The van der Waals surface area contributed by atoms with Crippen molar-refractivity contribution in [1.82, 2.24) is 9.80 Å². The number of hydrogen-bond donors (Lipinski definition) is 2. The molecule has 25 heavy (non-hydrogen) atoms. The number of aromatic hydroxyl groups is 1. The first-order valence-corrected chi connectivity index (χ1v) is 9.02. The van der Waals surface area contributed by atoms with E-state index in [0.29, 0.717) is 12.4 Å². The fourth-order valence-electron chi connectivity index (χ4n) is 4.28. The van der Waals surface area contributed by atoms with Crippen molar-refractivity contribution in [1.29, 1.82) is 0 Å². The molecule has 1 aromatic rings.